The third-order valence-electron chi connectivity index (χ3n) is 6.92. The Kier molecular flexibility index (Phi) is 7.65. The van der Waals surface area contributed by atoms with Gasteiger partial charge in [-0.3, -0.25) is 4.57 Å². The predicted octanol–water partition coefficient (Wildman–Crippen LogP) is 5.44. The molecule has 11 nitrogen and oxygen atoms in total. The van der Waals surface area contributed by atoms with Gasteiger partial charge in [-0.05, 0) is 66.0 Å². The number of rotatable bonds is 8. The van der Waals surface area contributed by atoms with Crippen LogP contribution in [0.2, 0.25) is 0 Å². The maximum absolute atomic E-state index is 12.5. The van der Waals surface area contributed by atoms with Crippen molar-refractivity contribution < 1.29 is 41.8 Å². The third-order valence-corrected chi connectivity index (χ3v) is 6.92. The summed E-state index contributed by atoms with van der Waals surface area (Å²) in [5.41, 5.74) is 0.971. The van der Waals surface area contributed by atoms with Crippen LogP contribution in [0.1, 0.15) is 36.8 Å². The smallest absolute Gasteiger partial charge is 0.489 e. The molecule has 0 saturated carbocycles. The van der Waals surface area contributed by atoms with Gasteiger partial charge < -0.3 is 34.0 Å². The first kappa shape index (κ1) is 28.1. The van der Waals surface area contributed by atoms with Gasteiger partial charge in [-0.25, -0.2) is 4.79 Å². The Morgan fingerprint density at radius 3 is 2.39 bits per heavy atom. The zero-order valence-corrected chi connectivity index (χ0v) is 22.0. The molecular weight excluding hydrogens is 549 g/mol. The summed E-state index contributed by atoms with van der Waals surface area (Å²) in [5.74, 6) is 0.328. The average molecular weight is 577 g/mol. The topological polar surface area (TPSA) is 118 Å². The van der Waals surface area contributed by atoms with Crippen molar-refractivity contribution in [3.63, 3.8) is 0 Å². The number of carbonyl (C=O) groups excluding carboxylic acids is 1. The quantitative estimate of drug-likeness (QED) is 0.257. The molecule has 41 heavy (non-hydrogen) atoms. The summed E-state index contributed by atoms with van der Waals surface area (Å²) in [6.07, 6.45) is -2.38. The van der Waals surface area contributed by atoms with Gasteiger partial charge in [0.2, 0.25) is 0 Å². The molecule has 14 heteroatoms. The number of imidazole rings is 1. The third kappa shape index (κ3) is 6.99. The van der Waals surface area contributed by atoms with Crippen LogP contribution in [0.3, 0.4) is 0 Å². The molecule has 2 aromatic carbocycles. The summed E-state index contributed by atoms with van der Waals surface area (Å²) in [7, 11) is 0. The van der Waals surface area contributed by atoms with Crippen molar-refractivity contribution in [2.24, 2.45) is 0 Å². The highest BCUT2D eigenvalue weighted by Crippen LogP contribution is 2.33. The Balaban J connectivity index is 1.04. The number of piperidine rings is 1. The number of hydrogen-bond donors (Lipinski definition) is 0. The van der Waals surface area contributed by atoms with E-state index in [1.54, 1.807) is 9.47 Å². The van der Waals surface area contributed by atoms with Crippen LogP contribution >= 0.6 is 0 Å². The summed E-state index contributed by atoms with van der Waals surface area (Å²) >= 11 is 0. The van der Waals surface area contributed by atoms with Crippen molar-refractivity contribution in [1.82, 2.24) is 14.5 Å². The molecular formula is C27H27F3N4O7. The molecule has 1 atom stereocenters. The van der Waals surface area contributed by atoms with E-state index in [9.17, 15) is 28.1 Å². The maximum atomic E-state index is 12.5. The second kappa shape index (κ2) is 11.2. The molecule has 218 valence electrons. The summed E-state index contributed by atoms with van der Waals surface area (Å²) in [4.78, 5) is 28.3. The number of likely N-dealkylation sites (tertiary alicyclic amines) is 1. The van der Waals surface area contributed by atoms with Gasteiger partial charge in [-0.1, -0.05) is 24.3 Å². The van der Waals surface area contributed by atoms with Gasteiger partial charge in [-0.15, -0.1) is 13.2 Å². The van der Waals surface area contributed by atoms with Gasteiger partial charge in [0.05, 0.1) is 6.54 Å². The molecule has 3 heterocycles. The molecule has 0 radical (unpaired) electrons. The Labute approximate surface area is 232 Å². The minimum absolute atomic E-state index is 0.0562. The molecule has 1 aromatic heterocycles. The van der Waals surface area contributed by atoms with E-state index in [0.29, 0.717) is 30.9 Å². The monoisotopic (exact) mass is 576 g/mol. The summed E-state index contributed by atoms with van der Waals surface area (Å²) < 4.78 is 59.3. The lowest BCUT2D eigenvalue weighted by molar-refractivity contribution is -0.389. The van der Waals surface area contributed by atoms with Crippen LogP contribution in [0, 0.1) is 10.1 Å². The molecule has 1 amide bonds. The maximum Gasteiger partial charge on any atom is 0.573 e. The standard InChI is InChI=1S/C27H27F3N4O7/c1-26(16-33-14-23(34(36)37)31-24(33)41-26)17-39-21-8-4-19(5-9-21)20-10-12-32(13-11-20)25(35)38-15-18-2-6-22(7-3-18)40-27(28,29)30/h2-9,14,20H,10-13,15-17H2,1H3/t26-/m1/s1. The van der Waals surface area contributed by atoms with E-state index in [1.807, 2.05) is 31.2 Å². The number of nitro groups is 1. The normalized spacial score (nSPS) is 18.9. The van der Waals surface area contributed by atoms with E-state index in [1.165, 1.54) is 30.5 Å². The first-order valence-corrected chi connectivity index (χ1v) is 12.9. The van der Waals surface area contributed by atoms with Gasteiger partial charge in [-0.2, -0.15) is 0 Å². The van der Waals surface area contributed by atoms with Crippen molar-refractivity contribution in [3.8, 4) is 17.5 Å². The molecule has 0 bridgehead atoms. The molecule has 5 rings (SSSR count). The lowest BCUT2D eigenvalue weighted by Crippen LogP contribution is -2.38. The van der Waals surface area contributed by atoms with Crippen molar-refractivity contribution in [3.05, 3.63) is 76.0 Å². The number of alkyl halides is 3. The van der Waals surface area contributed by atoms with Crippen LogP contribution in [-0.4, -0.2) is 57.1 Å². The van der Waals surface area contributed by atoms with Gasteiger partial charge in [0.25, 0.3) is 0 Å². The number of aromatic nitrogens is 2. The zero-order chi connectivity index (χ0) is 29.2. The van der Waals surface area contributed by atoms with Crippen LogP contribution in [0.5, 0.6) is 17.5 Å². The lowest BCUT2D eigenvalue weighted by atomic mass is 9.89. The SMILES string of the molecule is C[C@]1(COc2ccc(C3CCN(C(=O)OCc4ccc(OC(F)(F)F)cc4)CC3)cc2)Cn2cc([N+](=O)[O-])nc2O1. The fraction of sp³-hybridized carbons (Fsp3) is 0.407. The first-order valence-electron chi connectivity index (χ1n) is 12.9. The molecule has 3 aromatic rings. The van der Waals surface area contributed by atoms with Crippen LogP contribution in [0.15, 0.2) is 54.7 Å². The fourth-order valence-electron chi connectivity index (χ4n) is 4.85. The largest absolute Gasteiger partial charge is 0.573 e. The molecule has 0 N–H and O–H groups in total. The lowest BCUT2D eigenvalue weighted by Gasteiger charge is -2.31. The van der Waals surface area contributed by atoms with Crippen molar-refractivity contribution in [2.75, 3.05) is 19.7 Å². The van der Waals surface area contributed by atoms with E-state index in [0.717, 1.165) is 18.4 Å². The summed E-state index contributed by atoms with van der Waals surface area (Å²) in [6, 6.07) is 13.1. The van der Waals surface area contributed by atoms with Crippen molar-refractivity contribution in [1.29, 1.82) is 0 Å². The van der Waals surface area contributed by atoms with Crippen molar-refractivity contribution >= 4 is 11.9 Å². The number of nitrogens with zero attached hydrogens (tertiary/aromatic N) is 4. The predicted molar refractivity (Wildman–Crippen MR) is 137 cm³/mol. The fourth-order valence-corrected chi connectivity index (χ4v) is 4.85. The molecule has 0 spiro atoms. The second-order valence-corrected chi connectivity index (χ2v) is 10.2. The minimum Gasteiger partial charge on any atom is -0.489 e. The Bertz CT molecular complexity index is 1360. The minimum atomic E-state index is -4.76. The molecule has 2 aliphatic rings. The van der Waals surface area contributed by atoms with Gasteiger partial charge in [0.1, 0.15) is 30.9 Å². The zero-order valence-electron chi connectivity index (χ0n) is 22.0. The number of halogens is 3. The van der Waals surface area contributed by atoms with Crippen LogP contribution < -0.4 is 14.2 Å². The van der Waals surface area contributed by atoms with Crippen LogP contribution in [0.25, 0.3) is 0 Å². The van der Waals surface area contributed by atoms with E-state index in [4.69, 9.17) is 14.2 Å². The van der Waals surface area contributed by atoms with Crippen LogP contribution in [0.4, 0.5) is 23.8 Å². The number of carbonyl (C=O) groups is 1. The first-order chi connectivity index (χ1) is 19.5. The van der Waals surface area contributed by atoms with Gasteiger partial charge >= 0.3 is 24.3 Å². The molecule has 0 aliphatic carbocycles. The van der Waals surface area contributed by atoms with Crippen molar-refractivity contribution in [2.45, 2.75) is 50.8 Å². The molecule has 2 aliphatic heterocycles. The number of benzene rings is 2. The summed E-state index contributed by atoms with van der Waals surface area (Å²) in [5, 5.41) is 10.9. The van der Waals surface area contributed by atoms with Crippen LogP contribution in [-0.2, 0) is 17.9 Å². The Morgan fingerprint density at radius 1 is 1.12 bits per heavy atom. The average Bonchev–Trinajstić information content (AvgIpc) is 3.47. The highest BCUT2D eigenvalue weighted by Gasteiger charge is 2.41. The molecule has 1 saturated heterocycles. The highest BCUT2D eigenvalue weighted by atomic mass is 19.4. The van der Waals surface area contributed by atoms with Gasteiger partial charge in [0, 0.05) is 18.1 Å². The van der Waals surface area contributed by atoms with Gasteiger partial charge in [0.15, 0.2) is 5.60 Å². The number of amides is 1. The number of hydrogen-bond acceptors (Lipinski definition) is 8. The molecule has 0 unspecified atom stereocenters. The summed E-state index contributed by atoms with van der Waals surface area (Å²) in [6.45, 7) is 3.44. The number of fused-ring (bicyclic) bond motifs is 1. The Hall–Kier alpha value is -4.49. The van der Waals surface area contributed by atoms with E-state index >= 15 is 0 Å². The second-order valence-electron chi connectivity index (χ2n) is 10.2. The molecule has 1 fully saturated rings. The van der Waals surface area contributed by atoms with E-state index < -0.39 is 23.0 Å². The highest BCUT2D eigenvalue weighted by molar-refractivity contribution is 5.67. The number of ether oxygens (including phenoxy) is 4. The van der Waals surface area contributed by atoms with E-state index in [2.05, 4.69) is 9.72 Å². The van der Waals surface area contributed by atoms with E-state index in [-0.39, 0.29) is 36.7 Å². The Morgan fingerprint density at radius 2 is 1.78 bits per heavy atom.